The second kappa shape index (κ2) is 2.76. The van der Waals surface area contributed by atoms with Gasteiger partial charge in [-0.05, 0) is 12.8 Å². The molecule has 1 fully saturated rings. The van der Waals surface area contributed by atoms with Crippen LogP contribution in [0.15, 0.2) is 9.98 Å². The van der Waals surface area contributed by atoms with Gasteiger partial charge in [0.05, 0.1) is 5.71 Å². The summed E-state index contributed by atoms with van der Waals surface area (Å²) in [5, 5.41) is 0. The lowest BCUT2D eigenvalue weighted by Crippen LogP contribution is -2.01. The highest BCUT2D eigenvalue weighted by Crippen LogP contribution is 2.29. The third-order valence-corrected chi connectivity index (χ3v) is 1.52. The first-order valence-corrected chi connectivity index (χ1v) is 3.27. The minimum atomic E-state index is 0.735. The van der Waals surface area contributed by atoms with Crippen molar-refractivity contribution in [3.63, 3.8) is 0 Å². The SMILES string of the molecule is CN=CC(=NC)C1CC1. The van der Waals surface area contributed by atoms with E-state index in [1.165, 1.54) is 12.8 Å². The zero-order valence-electron chi connectivity index (χ0n) is 5.96. The zero-order chi connectivity index (χ0) is 6.69. The lowest BCUT2D eigenvalue weighted by atomic mass is 10.3. The molecule has 0 atom stereocenters. The Labute approximate surface area is 55.7 Å². The molecule has 0 N–H and O–H groups in total. The predicted octanol–water partition coefficient (Wildman–Crippen LogP) is 1.17. The molecule has 0 spiro atoms. The fraction of sp³-hybridized carbons (Fsp3) is 0.714. The van der Waals surface area contributed by atoms with Crippen molar-refractivity contribution in [3.05, 3.63) is 0 Å². The van der Waals surface area contributed by atoms with E-state index in [-0.39, 0.29) is 0 Å². The third kappa shape index (κ3) is 1.63. The molecule has 0 aromatic heterocycles. The number of hydrogen-bond donors (Lipinski definition) is 0. The Morgan fingerprint density at radius 2 is 2.11 bits per heavy atom. The molecule has 0 amide bonds. The summed E-state index contributed by atoms with van der Waals surface area (Å²) in [6.45, 7) is 0. The van der Waals surface area contributed by atoms with E-state index < -0.39 is 0 Å². The van der Waals surface area contributed by atoms with Crippen LogP contribution in [0.5, 0.6) is 0 Å². The molecule has 0 saturated heterocycles. The van der Waals surface area contributed by atoms with E-state index in [9.17, 15) is 0 Å². The first-order valence-electron chi connectivity index (χ1n) is 3.27. The molecule has 0 bridgehead atoms. The Balaban J connectivity index is 2.48. The highest BCUT2D eigenvalue weighted by molar-refractivity contribution is 6.32. The van der Waals surface area contributed by atoms with E-state index in [0.717, 1.165) is 11.6 Å². The fourth-order valence-corrected chi connectivity index (χ4v) is 0.857. The second-order valence-corrected chi connectivity index (χ2v) is 2.31. The Hall–Kier alpha value is -0.660. The van der Waals surface area contributed by atoms with Crippen molar-refractivity contribution in [2.24, 2.45) is 15.9 Å². The molecule has 0 radical (unpaired) electrons. The minimum absolute atomic E-state index is 0.735. The smallest absolute Gasteiger partial charge is 0.0553 e. The molecule has 0 aromatic rings. The van der Waals surface area contributed by atoms with Crippen LogP contribution < -0.4 is 0 Å². The van der Waals surface area contributed by atoms with Crippen LogP contribution in [0.2, 0.25) is 0 Å². The molecule has 1 aliphatic rings. The largest absolute Gasteiger partial charge is 0.295 e. The quantitative estimate of drug-likeness (QED) is 0.494. The summed E-state index contributed by atoms with van der Waals surface area (Å²) in [6.07, 6.45) is 4.47. The number of aliphatic imine (C=N–C) groups is 2. The fourth-order valence-electron chi connectivity index (χ4n) is 0.857. The first kappa shape index (κ1) is 6.46. The highest BCUT2D eigenvalue weighted by atomic mass is 14.7. The van der Waals surface area contributed by atoms with Crippen LogP contribution >= 0.6 is 0 Å². The molecular formula is C7H12N2. The van der Waals surface area contributed by atoms with Crippen LogP contribution in [0, 0.1) is 5.92 Å². The standard InChI is InChI=1S/C7H12N2/c1-8-5-7(9-2)6-3-4-6/h5-6H,3-4H2,1-2H3. The van der Waals surface area contributed by atoms with E-state index in [4.69, 9.17) is 0 Å². The predicted molar refractivity (Wildman–Crippen MR) is 40.5 cm³/mol. The molecule has 1 rings (SSSR count). The summed E-state index contributed by atoms with van der Waals surface area (Å²) >= 11 is 0. The molecule has 0 heterocycles. The van der Waals surface area contributed by atoms with Gasteiger partial charge in [-0.15, -0.1) is 0 Å². The van der Waals surface area contributed by atoms with Gasteiger partial charge >= 0.3 is 0 Å². The molecule has 1 aliphatic carbocycles. The molecule has 1 saturated carbocycles. The van der Waals surface area contributed by atoms with E-state index in [2.05, 4.69) is 9.98 Å². The second-order valence-electron chi connectivity index (χ2n) is 2.31. The number of rotatable bonds is 2. The van der Waals surface area contributed by atoms with Gasteiger partial charge in [0.1, 0.15) is 0 Å². The van der Waals surface area contributed by atoms with Crippen molar-refractivity contribution in [3.8, 4) is 0 Å². The molecule has 2 nitrogen and oxygen atoms in total. The Morgan fingerprint density at radius 1 is 1.44 bits per heavy atom. The van der Waals surface area contributed by atoms with Crippen molar-refractivity contribution < 1.29 is 0 Å². The molecular weight excluding hydrogens is 112 g/mol. The lowest BCUT2D eigenvalue weighted by Gasteiger charge is -1.90. The average Bonchev–Trinajstić information content (AvgIpc) is 2.64. The maximum atomic E-state index is 4.11. The van der Waals surface area contributed by atoms with Gasteiger partial charge in [-0.1, -0.05) is 0 Å². The molecule has 2 heteroatoms. The Morgan fingerprint density at radius 3 is 2.44 bits per heavy atom. The van der Waals surface area contributed by atoms with Crippen LogP contribution in [-0.4, -0.2) is 26.0 Å². The van der Waals surface area contributed by atoms with Gasteiger partial charge in [-0.25, -0.2) is 0 Å². The van der Waals surface area contributed by atoms with Crippen LogP contribution in [0.3, 0.4) is 0 Å². The van der Waals surface area contributed by atoms with E-state index >= 15 is 0 Å². The summed E-state index contributed by atoms with van der Waals surface area (Å²) in [5.41, 5.74) is 1.16. The van der Waals surface area contributed by atoms with E-state index in [0.29, 0.717) is 0 Å². The molecule has 0 unspecified atom stereocenters. The lowest BCUT2D eigenvalue weighted by molar-refractivity contribution is 1.19. The summed E-state index contributed by atoms with van der Waals surface area (Å²) < 4.78 is 0. The summed E-state index contributed by atoms with van der Waals surface area (Å²) in [5.74, 6) is 0.735. The average molecular weight is 124 g/mol. The first-order chi connectivity index (χ1) is 4.38. The van der Waals surface area contributed by atoms with Gasteiger partial charge in [0, 0.05) is 26.2 Å². The van der Waals surface area contributed by atoms with Crippen molar-refractivity contribution in [2.75, 3.05) is 14.1 Å². The third-order valence-electron chi connectivity index (χ3n) is 1.52. The van der Waals surface area contributed by atoms with Gasteiger partial charge in [0.25, 0.3) is 0 Å². The summed E-state index contributed by atoms with van der Waals surface area (Å²) in [6, 6.07) is 0. The number of nitrogens with zero attached hydrogens (tertiary/aromatic N) is 2. The molecule has 50 valence electrons. The normalized spacial score (nSPS) is 21.3. The monoisotopic (exact) mass is 124 g/mol. The maximum Gasteiger partial charge on any atom is 0.0553 e. The van der Waals surface area contributed by atoms with Crippen LogP contribution in [0.25, 0.3) is 0 Å². The van der Waals surface area contributed by atoms with Crippen molar-refractivity contribution >= 4 is 11.9 Å². The topological polar surface area (TPSA) is 24.7 Å². The van der Waals surface area contributed by atoms with E-state index in [1.54, 1.807) is 7.05 Å². The van der Waals surface area contributed by atoms with Gasteiger partial charge in [0.2, 0.25) is 0 Å². The molecule has 9 heavy (non-hydrogen) atoms. The van der Waals surface area contributed by atoms with E-state index in [1.807, 2.05) is 13.3 Å². The molecule has 0 aliphatic heterocycles. The van der Waals surface area contributed by atoms with Crippen molar-refractivity contribution in [2.45, 2.75) is 12.8 Å². The van der Waals surface area contributed by atoms with Gasteiger partial charge < -0.3 is 0 Å². The van der Waals surface area contributed by atoms with Gasteiger partial charge in [-0.3, -0.25) is 9.98 Å². The van der Waals surface area contributed by atoms with Gasteiger partial charge in [-0.2, -0.15) is 0 Å². The van der Waals surface area contributed by atoms with Crippen LogP contribution in [0.1, 0.15) is 12.8 Å². The Bertz CT molecular complexity index is 143. The van der Waals surface area contributed by atoms with Crippen molar-refractivity contribution in [1.82, 2.24) is 0 Å². The van der Waals surface area contributed by atoms with Gasteiger partial charge in [0.15, 0.2) is 0 Å². The summed E-state index contributed by atoms with van der Waals surface area (Å²) in [4.78, 5) is 8.02. The maximum absolute atomic E-state index is 4.11. The number of hydrogen-bond acceptors (Lipinski definition) is 2. The highest BCUT2D eigenvalue weighted by Gasteiger charge is 2.25. The van der Waals surface area contributed by atoms with Crippen molar-refractivity contribution in [1.29, 1.82) is 0 Å². The molecule has 0 aromatic carbocycles. The summed E-state index contributed by atoms with van der Waals surface area (Å²) in [7, 11) is 3.61. The zero-order valence-corrected chi connectivity index (χ0v) is 5.96. The van der Waals surface area contributed by atoms with Crippen LogP contribution in [0.4, 0.5) is 0 Å². The van der Waals surface area contributed by atoms with Crippen LogP contribution in [-0.2, 0) is 0 Å². The minimum Gasteiger partial charge on any atom is -0.295 e. The Kier molecular flexibility index (Phi) is 1.98.